The molecule has 0 radical (unpaired) electrons. The molecule has 0 spiro atoms. The predicted molar refractivity (Wildman–Crippen MR) is 43.9 cm³/mol. The highest BCUT2D eigenvalue weighted by molar-refractivity contribution is 8.09. The first kappa shape index (κ1) is 11.2. The summed E-state index contributed by atoms with van der Waals surface area (Å²) in [6.45, 7) is 0. The van der Waals surface area contributed by atoms with Crippen LogP contribution in [0.2, 0.25) is 0 Å². The standard InChI is InChI=1S/C7H7F3O3S/c1-14(11,12,13)7-5(9)2-4(8)3-6(7)10/h2-3H,1H3,(H2,11,12,13). The van der Waals surface area contributed by atoms with Crippen LogP contribution < -0.4 is 0 Å². The van der Waals surface area contributed by atoms with E-state index in [4.69, 9.17) is 9.11 Å². The van der Waals surface area contributed by atoms with Crippen molar-refractivity contribution in [2.75, 3.05) is 6.26 Å². The highest BCUT2D eigenvalue weighted by Gasteiger charge is 2.33. The zero-order chi connectivity index (χ0) is 11.2. The summed E-state index contributed by atoms with van der Waals surface area (Å²) in [5.74, 6) is -4.45. The smallest absolute Gasteiger partial charge is 0.147 e. The van der Waals surface area contributed by atoms with Crippen LogP contribution in [0.25, 0.3) is 0 Å². The normalized spacial score (nSPS) is 14.9. The van der Waals surface area contributed by atoms with E-state index < -0.39 is 32.0 Å². The first-order valence-corrected chi connectivity index (χ1v) is 5.65. The summed E-state index contributed by atoms with van der Waals surface area (Å²) in [5.41, 5.74) is 0. The lowest BCUT2D eigenvalue weighted by molar-refractivity contribution is 0.380. The van der Waals surface area contributed by atoms with Gasteiger partial charge >= 0.3 is 0 Å². The Kier molecular flexibility index (Phi) is 2.22. The van der Waals surface area contributed by atoms with Crippen molar-refractivity contribution in [3.8, 4) is 0 Å². The minimum Gasteiger partial charge on any atom is -0.304 e. The van der Waals surface area contributed by atoms with E-state index in [0.717, 1.165) is 0 Å². The molecule has 2 N–H and O–H groups in total. The van der Waals surface area contributed by atoms with E-state index in [0.29, 0.717) is 6.26 Å². The molecule has 3 nitrogen and oxygen atoms in total. The third-order valence-corrected chi connectivity index (χ3v) is 2.76. The fraction of sp³-hybridized carbons (Fsp3) is 0.143. The second-order valence-electron chi connectivity index (χ2n) is 2.93. The molecule has 0 aliphatic rings. The first-order chi connectivity index (χ1) is 6.08. The van der Waals surface area contributed by atoms with Gasteiger partial charge in [-0.05, 0) is 0 Å². The molecule has 0 aliphatic heterocycles. The molecular weight excluding hydrogens is 221 g/mol. The van der Waals surface area contributed by atoms with Gasteiger partial charge in [0.15, 0.2) is 0 Å². The van der Waals surface area contributed by atoms with E-state index in [1.807, 2.05) is 0 Å². The van der Waals surface area contributed by atoms with Crippen molar-refractivity contribution < 1.29 is 26.5 Å². The Hall–Kier alpha value is -0.920. The van der Waals surface area contributed by atoms with E-state index in [-0.39, 0.29) is 12.1 Å². The average Bonchev–Trinajstić information content (AvgIpc) is 1.76. The van der Waals surface area contributed by atoms with Crippen molar-refractivity contribution in [3.05, 3.63) is 29.6 Å². The van der Waals surface area contributed by atoms with Crippen molar-refractivity contribution in [1.82, 2.24) is 0 Å². The van der Waals surface area contributed by atoms with Crippen LogP contribution >= 0.6 is 0 Å². The van der Waals surface area contributed by atoms with Crippen molar-refractivity contribution in [2.24, 2.45) is 0 Å². The third-order valence-electron chi connectivity index (χ3n) is 1.43. The summed E-state index contributed by atoms with van der Waals surface area (Å²) in [5, 5.41) is 0. The molecular formula is C7H7F3O3S. The lowest BCUT2D eigenvalue weighted by Gasteiger charge is -2.26. The molecule has 0 heterocycles. The van der Waals surface area contributed by atoms with Gasteiger partial charge in [-0.25, -0.2) is 17.4 Å². The van der Waals surface area contributed by atoms with Crippen molar-refractivity contribution in [2.45, 2.75) is 4.90 Å². The van der Waals surface area contributed by atoms with E-state index in [2.05, 4.69) is 0 Å². The highest BCUT2D eigenvalue weighted by Crippen LogP contribution is 2.30. The van der Waals surface area contributed by atoms with Gasteiger partial charge in [-0.1, -0.05) is 0 Å². The molecule has 80 valence electrons. The summed E-state index contributed by atoms with van der Waals surface area (Å²) < 4.78 is 67.0. The predicted octanol–water partition coefficient (Wildman–Crippen LogP) is 1.86. The van der Waals surface area contributed by atoms with Crippen LogP contribution in [0.15, 0.2) is 17.0 Å². The second-order valence-corrected chi connectivity index (χ2v) is 5.80. The van der Waals surface area contributed by atoms with Crippen molar-refractivity contribution >= 4 is 9.63 Å². The fourth-order valence-electron chi connectivity index (χ4n) is 0.978. The first-order valence-electron chi connectivity index (χ1n) is 3.37. The molecule has 0 fully saturated rings. The van der Waals surface area contributed by atoms with Gasteiger partial charge in [0.05, 0.1) is 0 Å². The maximum atomic E-state index is 12.9. The van der Waals surface area contributed by atoms with E-state index in [1.165, 1.54) is 0 Å². The number of halogens is 3. The summed E-state index contributed by atoms with van der Waals surface area (Å²) in [6, 6.07) is 0.421. The van der Waals surface area contributed by atoms with Crippen LogP contribution in [0.3, 0.4) is 0 Å². The van der Waals surface area contributed by atoms with Crippen LogP contribution in [0, 0.1) is 17.5 Å². The SMILES string of the molecule is CS(=O)(O)(O)c1c(F)cc(F)cc1F. The van der Waals surface area contributed by atoms with Gasteiger partial charge in [0, 0.05) is 18.4 Å². The molecule has 0 unspecified atom stereocenters. The lowest BCUT2D eigenvalue weighted by atomic mass is 10.3. The van der Waals surface area contributed by atoms with Crippen molar-refractivity contribution in [1.29, 1.82) is 0 Å². The van der Waals surface area contributed by atoms with Crippen LogP contribution in [0.5, 0.6) is 0 Å². The topological polar surface area (TPSA) is 57.5 Å². The molecule has 0 saturated heterocycles. The Morgan fingerprint density at radius 2 is 1.50 bits per heavy atom. The van der Waals surface area contributed by atoms with Crippen molar-refractivity contribution in [3.63, 3.8) is 0 Å². The van der Waals surface area contributed by atoms with E-state index in [1.54, 1.807) is 0 Å². The summed E-state index contributed by atoms with van der Waals surface area (Å²) in [7, 11) is -5.53. The minimum atomic E-state index is -5.53. The maximum Gasteiger partial charge on any atom is 0.147 e. The Morgan fingerprint density at radius 3 is 1.79 bits per heavy atom. The van der Waals surface area contributed by atoms with Crippen LogP contribution in [0.1, 0.15) is 0 Å². The largest absolute Gasteiger partial charge is 0.304 e. The number of benzene rings is 1. The second kappa shape index (κ2) is 2.78. The van der Waals surface area contributed by atoms with Gasteiger partial charge in [0.25, 0.3) is 0 Å². The fourth-order valence-corrected chi connectivity index (χ4v) is 1.99. The summed E-state index contributed by atoms with van der Waals surface area (Å²) in [6.07, 6.45) is 0.358. The zero-order valence-corrected chi connectivity index (χ0v) is 7.82. The monoisotopic (exact) mass is 228 g/mol. The Labute approximate surface area is 77.6 Å². The Bertz CT molecular complexity index is 417. The van der Waals surface area contributed by atoms with Crippen LogP contribution in [0.4, 0.5) is 13.2 Å². The average molecular weight is 228 g/mol. The van der Waals surface area contributed by atoms with Crippen LogP contribution in [-0.2, 0) is 9.63 Å². The zero-order valence-electron chi connectivity index (χ0n) is 7.00. The number of rotatable bonds is 1. The van der Waals surface area contributed by atoms with Crippen LogP contribution in [-0.4, -0.2) is 19.6 Å². The molecule has 7 heteroatoms. The van der Waals surface area contributed by atoms with Gasteiger partial charge in [0.2, 0.25) is 0 Å². The maximum absolute atomic E-state index is 12.9. The molecule has 1 rings (SSSR count). The minimum absolute atomic E-state index is 0.210. The molecule has 0 aromatic heterocycles. The summed E-state index contributed by atoms with van der Waals surface area (Å²) in [4.78, 5) is -1.43. The van der Waals surface area contributed by atoms with Gasteiger partial charge in [-0.15, -0.1) is 0 Å². The van der Waals surface area contributed by atoms with Gasteiger partial charge < -0.3 is 9.11 Å². The Morgan fingerprint density at radius 1 is 1.14 bits per heavy atom. The van der Waals surface area contributed by atoms with E-state index >= 15 is 0 Å². The molecule has 0 aliphatic carbocycles. The van der Waals surface area contributed by atoms with Gasteiger partial charge in [-0.2, -0.15) is 0 Å². The molecule has 0 bridgehead atoms. The number of hydrogen-bond acceptors (Lipinski definition) is 1. The molecule has 0 atom stereocenters. The highest BCUT2D eigenvalue weighted by atomic mass is 32.3. The summed E-state index contributed by atoms with van der Waals surface area (Å²) >= 11 is 0. The van der Waals surface area contributed by atoms with Gasteiger partial charge in [0.1, 0.15) is 32.0 Å². The molecule has 1 aromatic rings. The molecule has 1 aromatic carbocycles. The lowest BCUT2D eigenvalue weighted by Crippen LogP contribution is -2.31. The number of hydrogen-bond donors (Lipinski definition) is 2. The third kappa shape index (κ3) is 2.11. The molecule has 0 amide bonds. The molecule has 14 heavy (non-hydrogen) atoms. The Balaban J connectivity index is 3.61. The van der Waals surface area contributed by atoms with E-state index in [9.17, 15) is 17.4 Å². The molecule has 0 saturated carbocycles. The quantitative estimate of drug-likeness (QED) is 0.771. The van der Waals surface area contributed by atoms with Gasteiger partial charge in [-0.3, -0.25) is 0 Å².